The maximum Gasteiger partial charge on any atom is 0.255 e. The van der Waals surface area contributed by atoms with Crippen molar-refractivity contribution in [2.45, 2.75) is 10.8 Å². The normalized spacial score (nSPS) is 11.8. The van der Waals surface area contributed by atoms with Crippen molar-refractivity contribution in [3.8, 4) is 21.7 Å². The Morgan fingerprint density at radius 1 is 0.971 bits per heavy atom. The third kappa shape index (κ3) is 5.21. The number of carbonyl (C=O) groups is 1. The summed E-state index contributed by atoms with van der Waals surface area (Å²) in [4.78, 5) is 14.7. The summed E-state index contributed by atoms with van der Waals surface area (Å²) in [5.74, 6) is -0.0443. The Hall–Kier alpha value is -4.08. The van der Waals surface area contributed by atoms with Crippen molar-refractivity contribution in [2.24, 2.45) is 0 Å². The van der Waals surface area contributed by atoms with Gasteiger partial charge in [-0.3, -0.25) is 9.00 Å². The van der Waals surface area contributed by atoms with Crippen molar-refractivity contribution in [3.63, 3.8) is 0 Å². The number of benzene rings is 3. The Bertz CT molecular complexity index is 1480. The number of rotatable bonds is 7. The number of hydrogen-bond donors (Lipinski definition) is 2. The number of carbonyl (C=O) groups excluding carboxylic acids is 1. The van der Waals surface area contributed by atoms with Gasteiger partial charge in [0, 0.05) is 20.9 Å². The lowest BCUT2D eigenvalue weighted by molar-refractivity contribution is 0.102. The molecule has 3 aromatic carbocycles. The standard InChI is InChI=1S/C26H21N5O2S2/c27-22-13-12-20(25-7-4-14-34-25)15-23(22)28-26(32)19-10-8-18(9-11-19)24-16-31(30-29-24)17-35(33)21-5-2-1-3-6-21/h1-16H,17,27H2,(H,28,32). The predicted octanol–water partition coefficient (Wildman–Crippen LogP) is 5.27. The summed E-state index contributed by atoms with van der Waals surface area (Å²) in [6.45, 7) is 0. The van der Waals surface area contributed by atoms with Crippen LogP contribution in [0.3, 0.4) is 0 Å². The van der Waals surface area contributed by atoms with Gasteiger partial charge in [-0.1, -0.05) is 47.7 Å². The monoisotopic (exact) mass is 499 g/mol. The average Bonchev–Trinajstić information content (AvgIpc) is 3.59. The molecule has 0 aliphatic carbocycles. The fourth-order valence-corrected chi connectivity index (χ4v) is 5.21. The van der Waals surface area contributed by atoms with E-state index in [-0.39, 0.29) is 11.8 Å². The summed E-state index contributed by atoms with van der Waals surface area (Å²) in [7, 11) is -1.22. The number of hydrogen-bond acceptors (Lipinski definition) is 6. The van der Waals surface area contributed by atoms with Gasteiger partial charge in [-0.2, -0.15) is 0 Å². The first-order valence-electron chi connectivity index (χ1n) is 10.8. The molecule has 1 unspecified atom stereocenters. The molecular weight excluding hydrogens is 478 g/mol. The molecule has 0 fully saturated rings. The summed E-state index contributed by atoms with van der Waals surface area (Å²) in [6.07, 6.45) is 1.74. The number of aromatic nitrogens is 3. The lowest BCUT2D eigenvalue weighted by Gasteiger charge is -2.10. The second-order valence-electron chi connectivity index (χ2n) is 7.74. The van der Waals surface area contributed by atoms with Crippen LogP contribution in [-0.4, -0.2) is 25.1 Å². The van der Waals surface area contributed by atoms with E-state index >= 15 is 0 Å². The zero-order chi connectivity index (χ0) is 24.2. The van der Waals surface area contributed by atoms with Gasteiger partial charge >= 0.3 is 0 Å². The van der Waals surface area contributed by atoms with Crippen LogP contribution in [0.4, 0.5) is 11.4 Å². The van der Waals surface area contributed by atoms with Gasteiger partial charge < -0.3 is 11.1 Å². The molecule has 0 saturated carbocycles. The fourth-order valence-electron chi connectivity index (χ4n) is 3.51. The SMILES string of the molecule is Nc1ccc(-c2cccs2)cc1NC(=O)c1ccc(-c2cn(CS(=O)c3ccccc3)nn2)cc1. The zero-order valence-electron chi connectivity index (χ0n) is 18.5. The number of anilines is 2. The quantitative estimate of drug-likeness (QED) is 0.297. The fraction of sp³-hybridized carbons (Fsp3) is 0.0385. The van der Waals surface area contributed by atoms with Crippen molar-refractivity contribution in [1.29, 1.82) is 0 Å². The minimum Gasteiger partial charge on any atom is -0.397 e. The van der Waals surface area contributed by atoms with E-state index in [4.69, 9.17) is 5.73 Å². The minimum absolute atomic E-state index is 0.212. The lowest BCUT2D eigenvalue weighted by atomic mass is 10.1. The van der Waals surface area contributed by atoms with Crippen LogP contribution in [0, 0.1) is 0 Å². The number of nitrogens with one attached hydrogen (secondary N) is 1. The van der Waals surface area contributed by atoms with Gasteiger partial charge in [0.2, 0.25) is 0 Å². The topological polar surface area (TPSA) is 103 Å². The molecule has 0 bridgehead atoms. The molecule has 2 aromatic heterocycles. The van der Waals surface area contributed by atoms with Crippen LogP contribution in [0.1, 0.15) is 10.4 Å². The molecule has 1 amide bonds. The van der Waals surface area contributed by atoms with Gasteiger partial charge in [-0.15, -0.1) is 16.4 Å². The first-order valence-corrected chi connectivity index (χ1v) is 13.0. The van der Waals surface area contributed by atoms with E-state index in [1.54, 1.807) is 40.4 Å². The molecule has 3 N–H and O–H groups in total. The van der Waals surface area contributed by atoms with Crippen LogP contribution in [-0.2, 0) is 16.7 Å². The molecule has 35 heavy (non-hydrogen) atoms. The van der Waals surface area contributed by atoms with Gasteiger partial charge in [0.05, 0.1) is 28.4 Å². The smallest absolute Gasteiger partial charge is 0.255 e. The molecule has 9 heteroatoms. The van der Waals surface area contributed by atoms with E-state index in [2.05, 4.69) is 15.6 Å². The molecule has 5 aromatic rings. The summed E-state index contributed by atoms with van der Waals surface area (Å²) in [5, 5.41) is 13.2. The average molecular weight is 500 g/mol. The van der Waals surface area contributed by atoms with Gasteiger partial charge in [0.15, 0.2) is 0 Å². The molecule has 0 aliphatic rings. The maximum atomic E-state index is 12.8. The highest BCUT2D eigenvalue weighted by Gasteiger charge is 2.12. The third-order valence-electron chi connectivity index (χ3n) is 5.34. The number of thiophene rings is 1. The molecule has 174 valence electrons. The van der Waals surface area contributed by atoms with Crippen molar-refractivity contribution in [2.75, 3.05) is 11.1 Å². The first kappa shape index (κ1) is 22.7. The molecule has 2 heterocycles. The van der Waals surface area contributed by atoms with E-state index in [0.717, 1.165) is 20.9 Å². The maximum absolute atomic E-state index is 12.8. The van der Waals surface area contributed by atoms with Crippen molar-refractivity contribution >= 4 is 39.4 Å². The minimum atomic E-state index is -1.22. The molecule has 0 aliphatic heterocycles. The van der Waals surface area contributed by atoms with E-state index in [1.807, 2.05) is 72.1 Å². The number of nitrogen functional groups attached to an aromatic ring is 1. The molecular formula is C26H21N5O2S2. The number of nitrogens with two attached hydrogens (primary N) is 1. The Labute approximate surface area is 208 Å². The summed E-state index contributed by atoms with van der Waals surface area (Å²) >= 11 is 1.63. The van der Waals surface area contributed by atoms with Gasteiger partial charge in [-0.25, -0.2) is 4.68 Å². The van der Waals surface area contributed by atoms with Gasteiger partial charge in [0.25, 0.3) is 5.91 Å². The largest absolute Gasteiger partial charge is 0.397 e. The molecule has 0 saturated heterocycles. The van der Waals surface area contributed by atoms with Crippen LogP contribution >= 0.6 is 11.3 Å². The molecule has 1 atom stereocenters. The lowest BCUT2D eigenvalue weighted by Crippen LogP contribution is -2.13. The van der Waals surface area contributed by atoms with Crippen LogP contribution in [0.15, 0.2) is 101 Å². The summed E-state index contributed by atoms with van der Waals surface area (Å²) in [6, 6.07) is 25.9. The van der Waals surface area contributed by atoms with E-state index in [0.29, 0.717) is 22.6 Å². The van der Waals surface area contributed by atoms with E-state index in [9.17, 15) is 9.00 Å². The highest BCUT2D eigenvalue weighted by Crippen LogP contribution is 2.30. The van der Waals surface area contributed by atoms with Gasteiger partial charge in [0.1, 0.15) is 11.6 Å². The highest BCUT2D eigenvalue weighted by molar-refractivity contribution is 7.84. The predicted molar refractivity (Wildman–Crippen MR) is 140 cm³/mol. The zero-order valence-corrected chi connectivity index (χ0v) is 20.1. The van der Waals surface area contributed by atoms with Crippen LogP contribution in [0.5, 0.6) is 0 Å². The molecule has 5 rings (SSSR count). The second-order valence-corrected chi connectivity index (χ2v) is 10.1. The third-order valence-corrected chi connectivity index (χ3v) is 7.56. The van der Waals surface area contributed by atoms with E-state index in [1.165, 1.54) is 0 Å². The number of amides is 1. The highest BCUT2D eigenvalue weighted by atomic mass is 32.2. The number of nitrogens with zero attached hydrogens (tertiary/aromatic N) is 3. The van der Waals surface area contributed by atoms with Crippen molar-refractivity contribution in [3.05, 3.63) is 102 Å². The van der Waals surface area contributed by atoms with Gasteiger partial charge in [-0.05, 0) is 53.4 Å². The van der Waals surface area contributed by atoms with Crippen LogP contribution < -0.4 is 11.1 Å². The van der Waals surface area contributed by atoms with E-state index < -0.39 is 10.8 Å². The Morgan fingerprint density at radius 2 is 1.74 bits per heavy atom. The second kappa shape index (κ2) is 10.0. The summed E-state index contributed by atoms with van der Waals surface area (Å²) < 4.78 is 14.1. The summed E-state index contributed by atoms with van der Waals surface area (Å²) in [5.41, 5.74) is 10.1. The van der Waals surface area contributed by atoms with Crippen molar-refractivity contribution < 1.29 is 9.00 Å². The first-order chi connectivity index (χ1) is 17.1. The molecule has 7 nitrogen and oxygen atoms in total. The van der Waals surface area contributed by atoms with Crippen LogP contribution in [0.25, 0.3) is 21.7 Å². The molecule has 0 spiro atoms. The molecule has 0 radical (unpaired) electrons. The van der Waals surface area contributed by atoms with Crippen LogP contribution in [0.2, 0.25) is 0 Å². The van der Waals surface area contributed by atoms with Crippen molar-refractivity contribution in [1.82, 2.24) is 15.0 Å². The Balaban J connectivity index is 1.27. The Kier molecular flexibility index (Phi) is 6.51. The Morgan fingerprint density at radius 3 is 2.49 bits per heavy atom.